The van der Waals surface area contributed by atoms with Crippen LogP contribution in [0.5, 0.6) is 0 Å². The minimum atomic E-state index is -0.307. The molecule has 0 saturated heterocycles. The average molecular weight is 219 g/mol. The van der Waals surface area contributed by atoms with Crippen LogP contribution < -0.4 is 10.3 Å². The van der Waals surface area contributed by atoms with Gasteiger partial charge < -0.3 is 4.74 Å². The van der Waals surface area contributed by atoms with Crippen LogP contribution in [0.3, 0.4) is 0 Å². The first-order chi connectivity index (χ1) is 7.79. The number of esters is 1. The van der Waals surface area contributed by atoms with Gasteiger partial charge in [0.05, 0.1) is 25.6 Å². The number of anilines is 1. The van der Waals surface area contributed by atoms with Crippen LogP contribution in [0.15, 0.2) is 24.3 Å². The highest BCUT2D eigenvalue weighted by Crippen LogP contribution is 2.10. The molecule has 0 bridgehead atoms. The number of hydrogen-bond acceptors (Lipinski definition) is 3. The molecule has 2 N–H and O–H groups in total. The number of benzene rings is 1. The van der Waals surface area contributed by atoms with Crippen molar-refractivity contribution in [3.8, 4) is 0 Å². The number of ether oxygens (including phenoxy) is 1. The number of carbonyl (C=O) groups is 1. The fourth-order valence-electron chi connectivity index (χ4n) is 1.68. The Bertz CT molecular complexity index is 410. The van der Waals surface area contributed by atoms with E-state index >= 15 is 0 Å². The van der Waals surface area contributed by atoms with E-state index in [1.165, 1.54) is 13.5 Å². The molecule has 1 aromatic carbocycles. The zero-order valence-electron chi connectivity index (χ0n) is 9.25. The quantitative estimate of drug-likeness (QED) is 0.697. The Morgan fingerprint density at radius 2 is 2.12 bits per heavy atom. The lowest BCUT2D eigenvalue weighted by atomic mass is 10.2. The summed E-state index contributed by atoms with van der Waals surface area (Å²) in [6, 6.07) is 7.26. The van der Waals surface area contributed by atoms with E-state index in [4.69, 9.17) is 0 Å². The summed E-state index contributed by atoms with van der Waals surface area (Å²) < 4.78 is 4.63. The van der Waals surface area contributed by atoms with Crippen LogP contribution in [0.25, 0.3) is 0 Å². The Hall–Kier alpha value is -1.84. The predicted molar refractivity (Wildman–Crippen MR) is 61.5 cm³/mol. The highest BCUT2D eigenvalue weighted by atomic mass is 16.5. The molecule has 0 saturated carbocycles. The minimum absolute atomic E-state index is 0.307. The van der Waals surface area contributed by atoms with E-state index in [2.05, 4.69) is 15.0 Å². The van der Waals surface area contributed by atoms with Gasteiger partial charge in [0, 0.05) is 0 Å². The van der Waals surface area contributed by atoms with E-state index < -0.39 is 0 Å². The molecule has 0 fully saturated rings. The van der Waals surface area contributed by atoms with Crippen molar-refractivity contribution in [2.24, 2.45) is 0 Å². The summed E-state index contributed by atoms with van der Waals surface area (Å²) in [6.07, 6.45) is 2.22. The molecule has 0 spiro atoms. The summed E-state index contributed by atoms with van der Waals surface area (Å²) in [5.41, 5.74) is 1.55. The van der Waals surface area contributed by atoms with E-state index in [0.29, 0.717) is 5.56 Å². The van der Waals surface area contributed by atoms with E-state index in [1.54, 1.807) is 12.1 Å². The molecule has 2 rings (SSSR count). The van der Waals surface area contributed by atoms with Gasteiger partial charge in [-0.2, -0.15) is 0 Å². The van der Waals surface area contributed by atoms with Crippen molar-refractivity contribution in [2.75, 3.05) is 19.0 Å². The normalized spacial score (nSPS) is 14.4. The molecule has 16 heavy (non-hydrogen) atoms. The average Bonchev–Trinajstić information content (AvgIpc) is 2.82. The number of hydrogen-bond donors (Lipinski definition) is 2. The lowest BCUT2D eigenvalue weighted by Gasteiger charge is -2.00. The van der Waals surface area contributed by atoms with Gasteiger partial charge in [0.1, 0.15) is 5.69 Å². The molecule has 0 atom stereocenters. The van der Waals surface area contributed by atoms with Crippen molar-refractivity contribution in [3.63, 3.8) is 0 Å². The Balaban J connectivity index is 2.04. The molecule has 0 aliphatic carbocycles. The number of methoxy groups -OCH3 is 1. The van der Waals surface area contributed by atoms with E-state index in [1.807, 2.05) is 12.1 Å². The third-order valence-corrected chi connectivity index (χ3v) is 2.54. The summed E-state index contributed by atoms with van der Waals surface area (Å²) in [5.74, 6) is 0.837. The van der Waals surface area contributed by atoms with Crippen molar-refractivity contribution in [1.29, 1.82) is 0 Å². The van der Waals surface area contributed by atoms with Crippen LogP contribution >= 0.6 is 0 Å². The fraction of sp³-hybridized carbons (Fsp3) is 0.333. The second-order valence-corrected chi connectivity index (χ2v) is 3.70. The smallest absolute Gasteiger partial charge is 0.337 e. The van der Waals surface area contributed by atoms with E-state index in [9.17, 15) is 4.79 Å². The first-order valence-electron chi connectivity index (χ1n) is 5.34. The zero-order chi connectivity index (χ0) is 11.4. The predicted octanol–water partition coefficient (Wildman–Crippen LogP) is 0.158. The Morgan fingerprint density at radius 3 is 2.69 bits per heavy atom. The topological polar surface area (TPSA) is 52.3 Å². The van der Waals surface area contributed by atoms with E-state index in [-0.39, 0.29) is 5.97 Å². The summed E-state index contributed by atoms with van der Waals surface area (Å²) in [5, 5.41) is 3.28. The maximum atomic E-state index is 11.2. The monoisotopic (exact) mass is 219 g/mol. The van der Waals surface area contributed by atoms with Gasteiger partial charge in [-0.25, -0.2) is 10.1 Å². The molecule has 4 nitrogen and oxygen atoms in total. The Morgan fingerprint density at radius 1 is 1.38 bits per heavy atom. The second-order valence-electron chi connectivity index (χ2n) is 3.70. The largest absolute Gasteiger partial charge is 0.465 e. The van der Waals surface area contributed by atoms with Crippen LogP contribution in [-0.4, -0.2) is 25.5 Å². The van der Waals surface area contributed by atoms with Crippen LogP contribution in [0, 0.1) is 0 Å². The number of nitrogens with one attached hydrogen (secondary N) is 2. The van der Waals surface area contributed by atoms with Gasteiger partial charge in [-0.15, -0.1) is 0 Å². The SMILES string of the molecule is COC(=O)c1ccc(NC2=[NH+]CCC2)cc1. The second kappa shape index (κ2) is 4.79. The molecule has 4 heteroatoms. The van der Waals surface area contributed by atoms with Gasteiger partial charge in [-0.3, -0.25) is 4.99 Å². The molecule has 0 radical (unpaired) electrons. The molecule has 1 aliphatic rings. The third-order valence-electron chi connectivity index (χ3n) is 2.54. The summed E-state index contributed by atoms with van der Waals surface area (Å²) in [7, 11) is 1.38. The Labute approximate surface area is 94.3 Å². The van der Waals surface area contributed by atoms with E-state index in [0.717, 1.165) is 24.5 Å². The number of amidine groups is 1. The number of carbonyl (C=O) groups excluding carboxylic acids is 1. The molecular weight excluding hydrogens is 204 g/mol. The molecule has 1 aromatic rings. The van der Waals surface area contributed by atoms with Crippen LogP contribution in [-0.2, 0) is 4.74 Å². The lowest BCUT2D eigenvalue weighted by molar-refractivity contribution is -0.447. The molecule has 0 aromatic heterocycles. The molecule has 84 valence electrons. The zero-order valence-corrected chi connectivity index (χ0v) is 9.25. The summed E-state index contributed by atoms with van der Waals surface area (Å²) >= 11 is 0. The fourth-order valence-corrected chi connectivity index (χ4v) is 1.68. The third kappa shape index (κ3) is 2.39. The van der Waals surface area contributed by atoms with Crippen molar-refractivity contribution >= 4 is 17.5 Å². The van der Waals surface area contributed by atoms with Crippen LogP contribution in [0.1, 0.15) is 23.2 Å². The van der Waals surface area contributed by atoms with Crippen molar-refractivity contribution in [1.82, 2.24) is 0 Å². The minimum Gasteiger partial charge on any atom is -0.465 e. The van der Waals surface area contributed by atoms with Gasteiger partial charge in [0.2, 0.25) is 5.84 Å². The summed E-state index contributed by atoms with van der Waals surface area (Å²) in [4.78, 5) is 14.5. The molecule has 0 unspecified atom stereocenters. The first-order valence-corrected chi connectivity index (χ1v) is 5.34. The maximum absolute atomic E-state index is 11.2. The van der Waals surface area contributed by atoms with Gasteiger partial charge in [0.15, 0.2) is 0 Å². The Kier molecular flexibility index (Phi) is 3.19. The summed E-state index contributed by atoms with van der Waals surface area (Å²) in [6.45, 7) is 1.03. The molecule has 1 heterocycles. The van der Waals surface area contributed by atoms with Gasteiger partial charge in [-0.05, 0) is 30.7 Å². The highest BCUT2D eigenvalue weighted by molar-refractivity contribution is 5.93. The van der Waals surface area contributed by atoms with Gasteiger partial charge in [-0.1, -0.05) is 0 Å². The molecular formula is C12H15N2O2+. The van der Waals surface area contributed by atoms with Crippen LogP contribution in [0.2, 0.25) is 0 Å². The number of rotatable bonds is 2. The lowest BCUT2D eigenvalue weighted by Crippen LogP contribution is -2.70. The molecule has 1 aliphatic heterocycles. The van der Waals surface area contributed by atoms with Crippen molar-refractivity contribution < 1.29 is 14.5 Å². The highest BCUT2D eigenvalue weighted by Gasteiger charge is 2.13. The standard InChI is InChI=1S/C12H14N2O2/c1-16-12(15)9-4-6-10(7-5-9)14-11-3-2-8-13-11/h4-7H,2-3,8H2,1H3,(H,13,14)/p+1. The molecule has 0 amide bonds. The van der Waals surface area contributed by atoms with Gasteiger partial charge >= 0.3 is 5.97 Å². The first kappa shape index (κ1) is 10.7. The van der Waals surface area contributed by atoms with Crippen LogP contribution in [0.4, 0.5) is 5.69 Å². The van der Waals surface area contributed by atoms with Crippen molar-refractivity contribution in [2.45, 2.75) is 12.8 Å². The van der Waals surface area contributed by atoms with Gasteiger partial charge in [0.25, 0.3) is 0 Å². The van der Waals surface area contributed by atoms with Crippen molar-refractivity contribution in [3.05, 3.63) is 29.8 Å². The maximum Gasteiger partial charge on any atom is 0.337 e.